The van der Waals surface area contributed by atoms with E-state index in [-0.39, 0.29) is 11.3 Å². The molecule has 0 saturated heterocycles. The van der Waals surface area contributed by atoms with Crippen molar-refractivity contribution >= 4 is 18.7 Å². The largest absolute Gasteiger partial charge is 0.302 e. The van der Waals surface area contributed by atoms with Crippen LogP contribution in [0.25, 0.3) is 0 Å². The second-order valence-electron chi connectivity index (χ2n) is 6.58. The number of thiol groups is 1. The quantitative estimate of drug-likeness (QED) is 0.680. The Labute approximate surface area is 111 Å². The second-order valence-corrected chi connectivity index (χ2v) is 6.80. The van der Waals surface area contributed by atoms with Gasteiger partial charge < -0.3 is 4.72 Å². The number of carbonyl (C=O) groups excluding carboxylic acids is 1. The molecule has 100 valence electrons. The van der Waals surface area contributed by atoms with E-state index in [1.807, 2.05) is 0 Å². The predicted octanol–water partition coefficient (Wildman–Crippen LogP) is 4.11. The van der Waals surface area contributed by atoms with Crippen LogP contribution in [0, 0.1) is 10.8 Å². The van der Waals surface area contributed by atoms with E-state index in [0.29, 0.717) is 5.41 Å². The number of amides is 1. The molecule has 0 radical (unpaired) electrons. The molecule has 1 fully saturated rings. The van der Waals surface area contributed by atoms with Crippen molar-refractivity contribution < 1.29 is 4.79 Å². The molecule has 0 atom stereocenters. The molecule has 1 rings (SSSR count). The molecule has 0 aromatic heterocycles. The van der Waals surface area contributed by atoms with Gasteiger partial charge >= 0.3 is 0 Å². The minimum absolute atomic E-state index is 0.0978. The highest BCUT2D eigenvalue weighted by atomic mass is 32.1. The van der Waals surface area contributed by atoms with Gasteiger partial charge in [0, 0.05) is 5.41 Å². The van der Waals surface area contributed by atoms with E-state index in [1.165, 1.54) is 25.7 Å². The average molecular weight is 257 g/mol. The van der Waals surface area contributed by atoms with Crippen LogP contribution in [0.2, 0.25) is 0 Å². The van der Waals surface area contributed by atoms with Gasteiger partial charge in [-0.15, -0.1) is 0 Å². The smallest absolute Gasteiger partial charge is 0.235 e. The lowest BCUT2D eigenvalue weighted by molar-refractivity contribution is -0.129. The molecule has 1 N–H and O–H groups in total. The van der Waals surface area contributed by atoms with Crippen LogP contribution in [0.15, 0.2) is 0 Å². The zero-order valence-corrected chi connectivity index (χ0v) is 12.4. The monoisotopic (exact) mass is 257 g/mol. The minimum Gasteiger partial charge on any atom is -0.302 e. The van der Waals surface area contributed by atoms with E-state index < -0.39 is 0 Å². The molecule has 0 unspecified atom stereocenters. The van der Waals surface area contributed by atoms with Gasteiger partial charge in [-0.2, -0.15) is 0 Å². The Morgan fingerprint density at radius 2 is 1.35 bits per heavy atom. The van der Waals surface area contributed by atoms with Crippen molar-refractivity contribution in [1.29, 1.82) is 0 Å². The van der Waals surface area contributed by atoms with Gasteiger partial charge in [0.1, 0.15) is 0 Å². The summed E-state index contributed by atoms with van der Waals surface area (Å²) in [5.74, 6) is 0.0978. The Kier molecular flexibility index (Phi) is 5.36. The number of hydrogen-bond donors (Lipinski definition) is 2. The van der Waals surface area contributed by atoms with Crippen molar-refractivity contribution in [3.05, 3.63) is 0 Å². The first-order valence-electron chi connectivity index (χ1n) is 6.84. The molecule has 0 aromatic rings. The molecule has 0 aromatic carbocycles. The van der Waals surface area contributed by atoms with Gasteiger partial charge in [0.25, 0.3) is 0 Å². The van der Waals surface area contributed by atoms with Gasteiger partial charge in [-0.05, 0) is 31.1 Å². The molecule has 0 aliphatic heterocycles. The lowest BCUT2D eigenvalue weighted by Crippen LogP contribution is -2.35. The van der Waals surface area contributed by atoms with E-state index in [0.717, 1.165) is 25.7 Å². The van der Waals surface area contributed by atoms with E-state index in [9.17, 15) is 4.79 Å². The Hall–Kier alpha value is -0.180. The Bertz CT molecular complexity index is 249. The molecule has 2 nitrogen and oxygen atoms in total. The first-order valence-corrected chi connectivity index (χ1v) is 7.29. The molecule has 1 saturated carbocycles. The average Bonchev–Trinajstić information content (AvgIpc) is 2.29. The van der Waals surface area contributed by atoms with Gasteiger partial charge in [0.2, 0.25) is 5.91 Å². The van der Waals surface area contributed by atoms with Crippen molar-refractivity contribution in [2.75, 3.05) is 0 Å². The topological polar surface area (TPSA) is 29.1 Å². The molecular weight excluding hydrogens is 230 g/mol. The zero-order valence-electron chi connectivity index (χ0n) is 11.5. The van der Waals surface area contributed by atoms with Crippen LogP contribution < -0.4 is 4.72 Å². The summed E-state index contributed by atoms with van der Waals surface area (Å²) in [5.41, 5.74) is 0.281. The van der Waals surface area contributed by atoms with Gasteiger partial charge in [-0.1, -0.05) is 59.3 Å². The van der Waals surface area contributed by atoms with E-state index >= 15 is 0 Å². The number of rotatable bonds is 1. The SMILES string of the molecule is CC1(C)CCCCC(C)(C(=O)NS)CCCC1. The van der Waals surface area contributed by atoms with E-state index in [1.54, 1.807) is 0 Å². The molecule has 1 amide bonds. The summed E-state index contributed by atoms with van der Waals surface area (Å²) in [6, 6.07) is 0. The van der Waals surface area contributed by atoms with E-state index in [4.69, 9.17) is 0 Å². The van der Waals surface area contributed by atoms with Crippen LogP contribution in [0.4, 0.5) is 0 Å². The molecule has 1 aliphatic carbocycles. The molecule has 0 bridgehead atoms. The van der Waals surface area contributed by atoms with Crippen LogP contribution in [0.5, 0.6) is 0 Å². The zero-order chi connectivity index (χ0) is 12.9. The fourth-order valence-corrected chi connectivity index (χ4v) is 3.12. The van der Waals surface area contributed by atoms with Crippen molar-refractivity contribution in [2.24, 2.45) is 10.8 Å². The summed E-state index contributed by atoms with van der Waals surface area (Å²) in [6.07, 6.45) is 9.34. The van der Waals surface area contributed by atoms with Gasteiger partial charge in [-0.3, -0.25) is 4.79 Å². The summed E-state index contributed by atoms with van der Waals surface area (Å²) < 4.78 is 2.53. The first kappa shape index (κ1) is 14.9. The van der Waals surface area contributed by atoms with Crippen molar-refractivity contribution in [3.63, 3.8) is 0 Å². The minimum atomic E-state index is -0.205. The fraction of sp³-hybridized carbons (Fsp3) is 0.929. The lowest BCUT2D eigenvalue weighted by Gasteiger charge is -2.31. The summed E-state index contributed by atoms with van der Waals surface area (Å²) in [4.78, 5) is 11.9. The third kappa shape index (κ3) is 4.53. The van der Waals surface area contributed by atoms with Crippen LogP contribution in [-0.4, -0.2) is 5.91 Å². The fourth-order valence-electron chi connectivity index (χ4n) is 2.85. The maximum absolute atomic E-state index is 11.9. The number of nitrogens with one attached hydrogen (secondary N) is 1. The Morgan fingerprint density at radius 1 is 0.941 bits per heavy atom. The van der Waals surface area contributed by atoms with Crippen molar-refractivity contribution in [1.82, 2.24) is 4.72 Å². The highest BCUT2D eigenvalue weighted by molar-refractivity contribution is 7.78. The standard InChI is InChI=1S/C14H27NOS/c1-13(2)8-4-6-10-14(3,12(16)15-17)11-7-5-9-13/h17H,4-11H2,1-3H3,(H,15,16). The molecular formula is C14H27NOS. The Balaban J connectivity index is 2.60. The predicted molar refractivity (Wildman–Crippen MR) is 76.0 cm³/mol. The summed E-state index contributed by atoms with van der Waals surface area (Å²) >= 11 is 3.92. The number of hydrogen-bond acceptors (Lipinski definition) is 2. The van der Waals surface area contributed by atoms with Crippen molar-refractivity contribution in [2.45, 2.75) is 72.1 Å². The highest BCUT2D eigenvalue weighted by Crippen LogP contribution is 2.37. The third-order valence-electron chi connectivity index (χ3n) is 4.31. The highest BCUT2D eigenvalue weighted by Gasteiger charge is 2.32. The summed E-state index contributed by atoms with van der Waals surface area (Å²) in [6.45, 7) is 6.83. The summed E-state index contributed by atoms with van der Waals surface area (Å²) in [7, 11) is 0. The third-order valence-corrected chi connectivity index (χ3v) is 4.52. The number of carbonyl (C=O) groups is 1. The van der Waals surface area contributed by atoms with E-state index in [2.05, 4.69) is 38.3 Å². The van der Waals surface area contributed by atoms with Gasteiger partial charge in [0.15, 0.2) is 0 Å². The van der Waals surface area contributed by atoms with Crippen LogP contribution in [0.3, 0.4) is 0 Å². The first-order chi connectivity index (χ1) is 7.90. The second kappa shape index (κ2) is 6.12. The molecule has 1 aliphatic rings. The lowest BCUT2D eigenvalue weighted by atomic mass is 9.74. The maximum Gasteiger partial charge on any atom is 0.235 e. The molecule has 17 heavy (non-hydrogen) atoms. The molecule has 3 heteroatoms. The van der Waals surface area contributed by atoms with Crippen LogP contribution in [-0.2, 0) is 4.79 Å². The van der Waals surface area contributed by atoms with Crippen LogP contribution >= 0.6 is 12.8 Å². The summed E-state index contributed by atoms with van der Waals surface area (Å²) in [5, 5.41) is 0. The maximum atomic E-state index is 11.9. The molecule has 0 heterocycles. The van der Waals surface area contributed by atoms with Gasteiger partial charge in [-0.25, -0.2) is 0 Å². The van der Waals surface area contributed by atoms with Crippen LogP contribution in [0.1, 0.15) is 72.1 Å². The van der Waals surface area contributed by atoms with Gasteiger partial charge in [0.05, 0.1) is 0 Å². The normalized spacial score (nSPS) is 24.9. The Morgan fingerprint density at radius 3 is 1.76 bits per heavy atom. The van der Waals surface area contributed by atoms with Crippen molar-refractivity contribution in [3.8, 4) is 0 Å². The molecule has 0 spiro atoms.